The number of carbonyl (C=O) groups is 2. The van der Waals surface area contributed by atoms with Crippen LogP contribution >= 0.6 is 0 Å². The summed E-state index contributed by atoms with van der Waals surface area (Å²) in [4.78, 5) is 23.9. The number of hydrogen-bond donors (Lipinski definition) is 1. The van der Waals surface area contributed by atoms with Crippen LogP contribution in [0.4, 0.5) is 5.69 Å². The fourth-order valence-electron chi connectivity index (χ4n) is 2.22. The van der Waals surface area contributed by atoms with E-state index in [0.717, 1.165) is 11.3 Å². The first-order valence-electron chi connectivity index (χ1n) is 7.87. The van der Waals surface area contributed by atoms with E-state index in [1.54, 1.807) is 38.0 Å². The number of benzene rings is 1. The van der Waals surface area contributed by atoms with Gasteiger partial charge in [0.15, 0.2) is 0 Å². The van der Waals surface area contributed by atoms with Crippen molar-refractivity contribution in [3.8, 4) is 5.75 Å². The summed E-state index contributed by atoms with van der Waals surface area (Å²) in [7, 11) is 3.36. The van der Waals surface area contributed by atoms with Gasteiger partial charge in [-0.15, -0.1) is 0 Å². The van der Waals surface area contributed by atoms with E-state index in [2.05, 4.69) is 5.32 Å². The van der Waals surface area contributed by atoms with Gasteiger partial charge in [0.2, 0.25) is 5.91 Å². The minimum atomic E-state index is -0.474. The van der Waals surface area contributed by atoms with Gasteiger partial charge >= 0.3 is 5.97 Å². The van der Waals surface area contributed by atoms with Gasteiger partial charge in [-0.3, -0.25) is 4.79 Å². The number of amides is 1. The van der Waals surface area contributed by atoms with E-state index in [0.29, 0.717) is 17.9 Å². The van der Waals surface area contributed by atoms with Crippen LogP contribution in [0.15, 0.2) is 36.7 Å². The predicted octanol–water partition coefficient (Wildman–Crippen LogP) is 2.37. The topological polar surface area (TPSA) is 78.8 Å². The zero-order chi connectivity index (χ0) is 18.2. The van der Waals surface area contributed by atoms with Crippen molar-refractivity contribution in [3.05, 3.63) is 47.8 Å². The number of ether oxygens (including phenoxy) is 3. The molecule has 134 valence electrons. The Balaban J connectivity index is 1.86. The molecule has 1 aromatic heterocycles. The lowest BCUT2D eigenvalue weighted by Crippen LogP contribution is -2.19. The van der Waals surface area contributed by atoms with E-state index >= 15 is 0 Å². The van der Waals surface area contributed by atoms with Crippen LogP contribution in [0.2, 0.25) is 0 Å². The van der Waals surface area contributed by atoms with Gasteiger partial charge in [-0.2, -0.15) is 0 Å². The van der Waals surface area contributed by atoms with Crippen LogP contribution in [-0.2, 0) is 27.9 Å². The summed E-state index contributed by atoms with van der Waals surface area (Å²) in [6.07, 6.45) is 3.25. The van der Waals surface area contributed by atoms with E-state index in [-0.39, 0.29) is 19.1 Å². The molecule has 0 spiro atoms. The number of nitrogens with one attached hydrogen (secondary N) is 1. The van der Waals surface area contributed by atoms with Crippen LogP contribution in [0.5, 0.6) is 5.75 Å². The third-order valence-electron chi connectivity index (χ3n) is 3.39. The normalized spacial score (nSPS) is 10.4. The first kappa shape index (κ1) is 18.5. The van der Waals surface area contributed by atoms with E-state index in [1.165, 1.54) is 0 Å². The zero-order valence-electron chi connectivity index (χ0n) is 14.6. The van der Waals surface area contributed by atoms with Crippen LogP contribution in [0.3, 0.4) is 0 Å². The SMILES string of the molecule is CCOC(=O)c1cn(C)cc1NC(=O)COCc1ccc(OC)cc1. The largest absolute Gasteiger partial charge is 0.497 e. The van der Waals surface area contributed by atoms with Crippen LogP contribution < -0.4 is 10.1 Å². The number of carbonyl (C=O) groups excluding carboxylic acids is 2. The van der Waals surface area contributed by atoms with Gasteiger partial charge in [0, 0.05) is 19.4 Å². The Hall–Kier alpha value is -2.80. The monoisotopic (exact) mass is 346 g/mol. The lowest BCUT2D eigenvalue weighted by atomic mass is 10.2. The summed E-state index contributed by atoms with van der Waals surface area (Å²) in [6, 6.07) is 7.39. The van der Waals surface area contributed by atoms with Crippen molar-refractivity contribution >= 4 is 17.6 Å². The molecule has 0 aliphatic carbocycles. The standard InChI is InChI=1S/C18H22N2O5/c1-4-25-18(22)15-9-20(2)10-16(15)19-17(21)12-24-11-13-5-7-14(23-3)8-6-13/h5-10H,4,11-12H2,1-3H3,(H,19,21). The Morgan fingerprint density at radius 2 is 1.88 bits per heavy atom. The molecule has 7 heteroatoms. The number of methoxy groups -OCH3 is 1. The van der Waals surface area contributed by atoms with Crippen molar-refractivity contribution in [3.63, 3.8) is 0 Å². The Kier molecular flexibility index (Phi) is 6.59. The third kappa shape index (κ3) is 5.36. The van der Waals surface area contributed by atoms with Gasteiger partial charge in [0.1, 0.15) is 17.9 Å². The lowest BCUT2D eigenvalue weighted by molar-refractivity contribution is -0.121. The van der Waals surface area contributed by atoms with Gasteiger partial charge in [0.05, 0.1) is 26.0 Å². The second-order valence-corrected chi connectivity index (χ2v) is 5.36. The molecule has 0 bridgehead atoms. The molecule has 0 aliphatic heterocycles. The first-order chi connectivity index (χ1) is 12.0. The molecule has 0 aliphatic rings. The summed E-state index contributed by atoms with van der Waals surface area (Å²) < 4.78 is 17.1. The average molecular weight is 346 g/mol. The van der Waals surface area contributed by atoms with Crippen LogP contribution in [0.1, 0.15) is 22.8 Å². The molecular weight excluding hydrogens is 324 g/mol. The summed E-state index contributed by atoms with van der Waals surface area (Å²) in [6.45, 7) is 2.18. The van der Waals surface area contributed by atoms with Crippen molar-refractivity contribution in [2.75, 3.05) is 25.6 Å². The van der Waals surface area contributed by atoms with E-state index in [4.69, 9.17) is 14.2 Å². The Morgan fingerprint density at radius 1 is 1.16 bits per heavy atom. The Labute approximate surface area is 146 Å². The van der Waals surface area contributed by atoms with Gasteiger partial charge in [-0.25, -0.2) is 4.79 Å². The number of rotatable bonds is 8. The minimum absolute atomic E-state index is 0.122. The molecule has 1 amide bonds. The van der Waals surface area contributed by atoms with Crippen molar-refractivity contribution < 1.29 is 23.8 Å². The molecule has 2 rings (SSSR count). The Bertz CT molecular complexity index is 722. The highest BCUT2D eigenvalue weighted by Gasteiger charge is 2.16. The predicted molar refractivity (Wildman–Crippen MR) is 92.6 cm³/mol. The highest BCUT2D eigenvalue weighted by molar-refractivity contribution is 6.01. The molecule has 0 saturated heterocycles. The second kappa shape index (κ2) is 8.89. The number of hydrogen-bond acceptors (Lipinski definition) is 5. The van der Waals surface area contributed by atoms with Gasteiger partial charge in [-0.1, -0.05) is 12.1 Å². The lowest BCUT2D eigenvalue weighted by Gasteiger charge is -2.07. The highest BCUT2D eigenvalue weighted by atomic mass is 16.5. The average Bonchev–Trinajstić information content (AvgIpc) is 2.96. The van der Waals surface area contributed by atoms with E-state index in [9.17, 15) is 9.59 Å². The molecule has 7 nitrogen and oxygen atoms in total. The van der Waals surface area contributed by atoms with E-state index < -0.39 is 5.97 Å². The molecule has 0 saturated carbocycles. The fourth-order valence-corrected chi connectivity index (χ4v) is 2.22. The molecule has 2 aromatic rings. The second-order valence-electron chi connectivity index (χ2n) is 5.36. The number of aromatic nitrogens is 1. The molecule has 1 aromatic carbocycles. The van der Waals surface area contributed by atoms with Gasteiger partial charge in [-0.05, 0) is 24.6 Å². The van der Waals surface area contributed by atoms with Gasteiger partial charge < -0.3 is 24.1 Å². The Morgan fingerprint density at radius 3 is 2.52 bits per heavy atom. The number of nitrogens with zero attached hydrogens (tertiary/aromatic N) is 1. The first-order valence-corrected chi connectivity index (χ1v) is 7.87. The third-order valence-corrected chi connectivity index (χ3v) is 3.39. The maximum Gasteiger partial charge on any atom is 0.341 e. The molecular formula is C18H22N2O5. The summed E-state index contributed by atoms with van der Waals surface area (Å²) >= 11 is 0. The number of aryl methyl sites for hydroxylation is 1. The highest BCUT2D eigenvalue weighted by Crippen LogP contribution is 2.18. The maximum absolute atomic E-state index is 12.0. The van der Waals surface area contributed by atoms with Crippen molar-refractivity contribution in [1.82, 2.24) is 4.57 Å². The number of esters is 1. The van der Waals surface area contributed by atoms with Crippen molar-refractivity contribution in [1.29, 1.82) is 0 Å². The van der Waals surface area contributed by atoms with Gasteiger partial charge in [0.25, 0.3) is 0 Å². The van der Waals surface area contributed by atoms with Crippen LogP contribution in [0.25, 0.3) is 0 Å². The fraction of sp³-hybridized carbons (Fsp3) is 0.333. The molecule has 25 heavy (non-hydrogen) atoms. The number of anilines is 1. The quantitative estimate of drug-likeness (QED) is 0.743. The summed E-state index contributed by atoms with van der Waals surface area (Å²) in [5.41, 5.74) is 1.65. The molecule has 1 heterocycles. The molecule has 0 atom stereocenters. The zero-order valence-corrected chi connectivity index (χ0v) is 14.6. The smallest absolute Gasteiger partial charge is 0.341 e. The maximum atomic E-state index is 12.0. The molecule has 0 fully saturated rings. The summed E-state index contributed by atoms with van der Waals surface area (Å²) in [5.74, 6) is -0.0557. The van der Waals surface area contributed by atoms with E-state index in [1.807, 2.05) is 24.3 Å². The minimum Gasteiger partial charge on any atom is -0.497 e. The van der Waals surface area contributed by atoms with Crippen LogP contribution in [0, 0.1) is 0 Å². The molecule has 1 N–H and O–H groups in total. The molecule has 0 radical (unpaired) electrons. The van der Waals surface area contributed by atoms with Crippen LogP contribution in [-0.4, -0.2) is 36.8 Å². The molecule has 0 unspecified atom stereocenters. The summed E-state index contributed by atoms with van der Waals surface area (Å²) in [5, 5.41) is 2.67. The van der Waals surface area contributed by atoms with Crippen molar-refractivity contribution in [2.24, 2.45) is 7.05 Å². The van der Waals surface area contributed by atoms with Crippen molar-refractivity contribution in [2.45, 2.75) is 13.5 Å².